The zero-order chi connectivity index (χ0) is 20.7. The van der Waals surface area contributed by atoms with Gasteiger partial charge in [0.1, 0.15) is 0 Å². The van der Waals surface area contributed by atoms with Crippen LogP contribution < -0.4 is 0 Å². The number of fused-ring (bicyclic) bond motifs is 1. The highest BCUT2D eigenvalue weighted by Crippen LogP contribution is 2.32. The molecule has 1 aromatic carbocycles. The highest BCUT2D eigenvalue weighted by molar-refractivity contribution is 6.23. The first-order valence-corrected chi connectivity index (χ1v) is 8.45. The number of carbonyl (C=O) groups is 4. The first kappa shape index (κ1) is 20.7. The van der Waals surface area contributed by atoms with Gasteiger partial charge in [-0.1, -0.05) is 0 Å². The average Bonchev–Trinajstić information content (AvgIpc) is 2.89. The summed E-state index contributed by atoms with van der Waals surface area (Å²) in [6, 6.07) is 2.46. The van der Waals surface area contributed by atoms with Gasteiger partial charge in [0.2, 0.25) is 0 Å². The van der Waals surface area contributed by atoms with Crippen molar-refractivity contribution in [2.45, 2.75) is 38.8 Å². The number of aliphatic hydroxyl groups is 2. The minimum atomic E-state index is -1.13. The lowest BCUT2D eigenvalue weighted by Gasteiger charge is -2.34. The van der Waals surface area contributed by atoms with Crippen LogP contribution in [0.15, 0.2) is 12.1 Å². The van der Waals surface area contributed by atoms with Gasteiger partial charge in [0.25, 0.3) is 17.7 Å². The lowest BCUT2D eigenvalue weighted by Crippen LogP contribution is -2.50. The van der Waals surface area contributed by atoms with E-state index < -0.39 is 35.4 Å². The van der Waals surface area contributed by atoms with Gasteiger partial charge >= 0.3 is 0 Å². The smallest absolute Gasteiger partial charge is 0.262 e. The predicted octanol–water partition coefficient (Wildman–Crippen LogP) is 0.709. The number of carbonyl (C=O) groups excluding carboxylic acids is 4. The third-order valence-electron chi connectivity index (χ3n) is 5.01. The zero-order valence-corrected chi connectivity index (χ0v) is 16.1. The molecule has 0 saturated carbocycles. The maximum atomic E-state index is 12.9. The van der Waals surface area contributed by atoms with Gasteiger partial charge in [-0.2, -0.15) is 0 Å². The summed E-state index contributed by atoms with van der Waals surface area (Å²) in [7, 11) is 1.48. The molecule has 3 amide bonds. The second-order valence-corrected chi connectivity index (χ2v) is 7.85. The van der Waals surface area contributed by atoms with Crippen molar-refractivity contribution >= 4 is 24.0 Å². The van der Waals surface area contributed by atoms with Gasteiger partial charge < -0.3 is 15.1 Å². The summed E-state index contributed by atoms with van der Waals surface area (Å²) in [5.41, 5.74) is -2.05. The summed E-state index contributed by atoms with van der Waals surface area (Å²) in [4.78, 5) is 52.0. The van der Waals surface area contributed by atoms with Crippen LogP contribution in [0.3, 0.4) is 0 Å². The van der Waals surface area contributed by atoms with E-state index in [2.05, 4.69) is 0 Å². The molecule has 0 bridgehead atoms. The topological polar surface area (TPSA) is 115 Å². The molecule has 0 atom stereocenters. The van der Waals surface area contributed by atoms with Crippen molar-refractivity contribution in [3.05, 3.63) is 34.4 Å². The Morgan fingerprint density at radius 3 is 2.04 bits per heavy atom. The van der Waals surface area contributed by atoms with Gasteiger partial charge in [0.05, 0.1) is 41.0 Å². The Kier molecular flexibility index (Phi) is 5.27. The van der Waals surface area contributed by atoms with Gasteiger partial charge in [-0.05, 0) is 39.8 Å². The highest BCUT2D eigenvalue weighted by Gasteiger charge is 2.45. The molecule has 1 aromatic rings. The third-order valence-corrected chi connectivity index (χ3v) is 5.01. The summed E-state index contributed by atoms with van der Waals surface area (Å²) in [5, 5.41) is 19.0. The average molecular weight is 376 g/mol. The summed E-state index contributed by atoms with van der Waals surface area (Å²) >= 11 is 0. The fourth-order valence-corrected chi connectivity index (χ4v) is 2.77. The minimum absolute atomic E-state index is 0.00526. The molecule has 8 heteroatoms. The van der Waals surface area contributed by atoms with Crippen LogP contribution in [0.25, 0.3) is 0 Å². The molecular formula is C19H24N2O6. The highest BCUT2D eigenvalue weighted by atomic mass is 16.3. The first-order valence-electron chi connectivity index (χ1n) is 8.45. The third kappa shape index (κ3) is 3.26. The van der Waals surface area contributed by atoms with E-state index in [-0.39, 0.29) is 28.9 Å². The van der Waals surface area contributed by atoms with Crippen molar-refractivity contribution in [2.75, 3.05) is 20.3 Å². The molecule has 0 saturated heterocycles. The fraction of sp³-hybridized carbons (Fsp3) is 0.474. The lowest BCUT2D eigenvalue weighted by atomic mass is 9.97. The van der Waals surface area contributed by atoms with Gasteiger partial charge in [-0.15, -0.1) is 0 Å². The van der Waals surface area contributed by atoms with Gasteiger partial charge in [0, 0.05) is 12.6 Å². The SMILES string of the molecule is CN(C(=O)c1cc2c(cc1C=O)C(=O)N(C(C)(C)CO)C2=O)C(C)(C)CO. The van der Waals surface area contributed by atoms with Gasteiger partial charge in [-0.25, -0.2) is 0 Å². The number of rotatable bonds is 6. The van der Waals surface area contributed by atoms with Crippen LogP contribution in [-0.4, -0.2) is 75.4 Å². The van der Waals surface area contributed by atoms with Crippen molar-refractivity contribution in [2.24, 2.45) is 0 Å². The standard InChI is InChI=1S/C19H24N2O6/c1-18(2,9-23)20(5)15(25)12-7-14-13(6-11(12)8-22)16(26)21(17(14)27)19(3,4)10-24/h6-8,23-24H,9-10H2,1-5H3. The summed E-state index contributed by atoms with van der Waals surface area (Å²) in [5.74, 6) is -1.82. The van der Waals surface area contributed by atoms with E-state index in [0.717, 1.165) is 4.90 Å². The number of imide groups is 1. The van der Waals surface area contributed by atoms with Crippen LogP contribution in [0.4, 0.5) is 0 Å². The largest absolute Gasteiger partial charge is 0.394 e. The van der Waals surface area contributed by atoms with Gasteiger partial charge in [-0.3, -0.25) is 24.1 Å². The molecule has 146 valence electrons. The molecule has 1 aliphatic heterocycles. The molecule has 0 aliphatic carbocycles. The van der Waals surface area contributed by atoms with Crippen molar-refractivity contribution in [1.82, 2.24) is 9.80 Å². The first-order chi connectivity index (χ1) is 12.4. The second-order valence-electron chi connectivity index (χ2n) is 7.85. The zero-order valence-electron chi connectivity index (χ0n) is 16.1. The molecule has 0 unspecified atom stereocenters. The number of benzene rings is 1. The molecule has 0 spiro atoms. The number of aliphatic hydroxyl groups excluding tert-OH is 2. The van der Waals surface area contributed by atoms with E-state index >= 15 is 0 Å². The molecule has 0 fully saturated rings. The quantitative estimate of drug-likeness (QED) is 0.558. The van der Waals surface area contributed by atoms with E-state index in [4.69, 9.17) is 0 Å². The van der Waals surface area contributed by atoms with Crippen LogP contribution in [0, 0.1) is 0 Å². The van der Waals surface area contributed by atoms with Crippen LogP contribution in [0.2, 0.25) is 0 Å². The minimum Gasteiger partial charge on any atom is -0.394 e. The van der Waals surface area contributed by atoms with Crippen LogP contribution in [0.5, 0.6) is 0 Å². The molecule has 2 rings (SSSR count). The van der Waals surface area contributed by atoms with Crippen LogP contribution >= 0.6 is 0 Å². The van der Waals surface area contributed by atoms with Crippen molar-refractivity contribution in [1.29, 1.82) is 0 Å². The molecule has 1 heterocycles. The Morgan fingerprint density at radius 1 is 1.07 bits per heavy atom. The number of hydrogen-bond donors (Lipinski definition) is 2. The summed E-state index contributed by atoms with van der Waals surface area (Å²) in [6.07, 6.45) is 0.449. The number of likely N-dealkylation sites (N-methyl/N-ethyl adjacent to an activating group) is 1. The predicted molar refractivity (Wildman–Crippen MR) is 96.8 cm³/mol. The van der Waals surface area contributed by atoms with E-state index in [1.807, 2.05) is 0 Å². The Labute approximate surface area is 157 Å². The number of hydrogen-bond acceptors (Lipinski definition) is 6. The van der Waals surface area contributed by atoms with Gasteiger partial charge in [0.15, 0.2) is 6.29 Å². The maximum Gasteiger partial charge on any atom is 0.262 e. The molecular weight excluding hydrogens is 352 g/mol. The second kappa shape index (κ2) is 6.86. The van der Waals surface area contributed by atoms with E-state index in [1.54, 1.807) is 27.7 Å². The molecule has 0 aromatic heterocycles. The fourth-order valence-electron chi connectivity index (χ4n) is 2.77. The van der Waals surface area contributed by atoms with E-state index in [0.29, 0.717) is 6.29 Å². The Balaban J connectivity index is 2.59. The monoisotopic (exact) mass is 376 g/mol. The number of aldehydes is 1. The lowest BCUT2D eigenvalue weighted by molar-refractivity contribution is 0.0353. The van der Waals surface area contributed by atoms with Crippen molar-refractivity contribution in [3.8, 4) is 0 Å². The molecule has 27 heavy (non-hydrogen) atoms. The summed E-state index contributed by atoms with van der Waals surface area (Å²) in [6.45, 7) is 5.65. The molecule has 2 N–H and O–H groups in total. The maximum absolute atomic E-state index is 12.9. The Bertz CT molecular complexity index is 828. The number of amides is 3. The Hall–Kier alpha value is -2.58. The molecule has 1 aliphatic rings. The Morgan fingerprint density at radius 2 is 1.59 bits per heavy atom. The molecule has 0 radical (unpaired) electrons. The van der Waals surface area contributed by atoms with E-state index in [9.17, 15) is 29.4 Å². The van der Waals surface area contributed by atoms with Crippen LogP contribution in [0.1, 0.15) is 69.1 Å². The van der Waals surface area contributed by atoms with E-state index in [1.165, 1.54) is 24.1 Å². The number of nitrogens with zero attached hydrogens (tertiary/aromatic N) is 2. The normalized spacial score (nSPS) is 14.4. The van der Waals surface area contributed by atoms with Crippen molar-refractivity contribution < 1.29 is 29.4 Å². The van der Waals surface area contributed by atoms with Crippen molar-refractivity contribution in [3.63, 3.8) is 0 Å². The molecule has 8 nitrogen and oxygen atoms in total. The van der Waals surface area contributed by atoms with Crippen LogP contribution in [-0.2, 0) is 0 Å². The summed E-state index contributed by atoms with van der Waals surface area (Å²) < 4.78 is 0.